The lowest BCUT2D eigenvalue weighted by atomic mass is 9.97. The molecule has 1 aliphatic rings. The van der Waals surface area contributed by atoms with Crippen molar-refractivity contribution in [3.05, 3.63) is 0 Å². The molecule has 0 aromatic rings. The van der Waals surface area contributed by atoms with E-state index in [1.807, 2.05) is 20.8 Å². The van der Waals surface area contributed by atoms with Gasteiger partial charge in [-0.2, -0.15) is 0 Å². The number of nitrogens with one attached hydrogen (secondary N) is 1. The van der Waals surface area contributed by atoms with Crippen LogP contribution in [0.5, 0.6) is 0 Å². The van der Waals surface area contributed by atoms with Crippen LogP contribution in [0.25, 0.3) is 0 Å². The van der Waals surface area contributed by atoms with Gasteiger partial charge in [-0.1, -0.05) is 0 Å². The number of carbonyl (C=O) groups is 2. The fourth-order valence-electron chi connectivity index (χ4n) is 2.34. The van der Waals surface area contributed by atoms with Gasteiger partial charge >= 0.3 is 12.1 Å². The lowest BCUT2D eigenvalue weighted by molar-refractivity contribution is 0.0184. The van der Waals surface area contributed by atoms with Crippen LogP contribution >= 0.6 is 0 Å². The third kappa shape index (κ3) is 7.54. The molecule has 1 aliphatic heterocycles. The summed E-state index contributed by atoms with van der Waals surface area (Å²) in [5.74, 6) is 0.397. The third-order valence-electron chi connectivity index (χ3n) is 3.79. The van der Waals surface area contributed by atoms with E-state index in [0.29, 0.717) is 38.7 Å². The summed E-state index contributed by atoms with van der Waals surface area (Å²) >= 11 is 0. The second-order valence-corrected chi connectivity index (χ2v) is 7.01. The lowest BCUT2D eigenvalue weighted by Gasteiger charge is -2.33. The lowest BCUT2D eigenvalue weighted by Crippen LogP contribution is -2.45. The molecule has 0 unspecified atom stereocenters. The van der Waals surface area contributed by atoms with Gasteiger partial charge in [-0.05, 0) is 39.5 Å². The number of carbonyl (C=O) groups excluding carboxylic acids is 2. The Balaban J connectivity index is 2.26. The monoisotopic (exact) mass is 329 g/mol. The predicted molar refractivity (Wildman–Crippen MR) is 88.4 cm³/mol. The number of piperidine rings is 1. The van der Waals surface area contributed by atoms with E-state index < -0.39 is 5.60 Å². The maximum absolute atomic E-state index is 12.0. The molecule has 0 saturated carbocycles. The minimum atomic E-state index is -0.464. The summed E-state index contributed by atoms with van der Waals surface area (Å²) in [6, 6.07) is -0.0865. The molecule has 0 spiro atoms. The first-order valence-corrected chi connectivity index (χ1v) is 8.18. The van der Waals surface area contributed by atoms with Crippen LogP contribution in [0.3, 0.4) is 0 Å². The minimum absolute atomic E-state index is 0.0865. The van der Waals surface area contributed by atoms with E-state index in [1.165, 1.54) is 0 Å². The molecule has 0 aliphatic carbocycles. The molecule has 3 amide bonds. The zero-order chi connectivity index (χ0) is 17.5. The Morgan fingerprint density at radius 2 is 1.87 bits per heavy atom. The Kier molecular flexibility index (Phi) is 7.61. The van der Waals surface area contributed by atoms with Crippen LogP contribution in [-0.2, 0) is 9.47 Å². The summed E-state index contributed by atoms with van der Waals surface area (Å²) in [7, 11) is 3.36. The highest BCUT2D eigenvalue weighted by molar-refractivity contribution is 5.73. The Bertz CT molecular complexity index is 387. The number of rotatable bonds is 5. The molecule has 23 heavy (non-hydrogen) atoms. The zero-order valence-electron chi connectivity index (χ0n) is 15.1. The average molecular weight is 329 g/mol. The molecule has 0 aromatic heterocycles. The van der Waals surface area contributed by atoms with E-state index in [0.717, 1.165) is 12.8 Å². The minimum Gasteiger partial charge on any atom is -0.444 e. The fraction of sp³-hybridized carbons (Fsp3) is 0.875. The average Bonchev–Trinajstić information content (AvgIpc) is 2.49. The first-order valence-electron chi connectivity index (χ1n) is 8.18. The molecule has 0 radical (unpaired) electrons. The van der Waals surface area contributed by atoms with Gasteiger partial charge in [0.15, 0.2) is 0 Å². The number of nitrogens with zero attached hydrogens (tertiary/aromatic N) is 2. The van der Waals surface area contributed by atoms with Gasteiger partial charge in [-0.15, -0.1) is 0 Å². The summed E-state index contributed by atoms with van der Waals surface area (Å²) in [4.78, 5) is 27.2. The molecule has 1 heterocycles. The number of hydrogen-bond donors (Lipinski definition) is 1. The van der Waals surface area contributed by atoms with Gasteiger partial charge in [-0.3, -0.25) is 0 Å². The summed E-state index contributed by atoms with van der Waals surface area (Å²) in [6.45, 7) is 8.69. The van der Waals surface area contributed by atoms with Crippen molar-refractivity contribution in [2.24, 2.45) is 5.92 Å². The van der Waals surface area contributed by atoms with Gasteiger partial charge < -0.3 is 24.6 Å². The van der Waals surface area contributed by atoms with Gasteiger partial charge in [0.25, 0.3) is 0 Å². The van der Waals surface area contributed by atoms with Crippen LogP contribution in [0.15, 0.2) is 0 Å². The second kappa shape index (κ2) is 8.96. The highest BCUT2D eigenvalue weighted by Crippen LogP contribution is 2.19. The van der Waals surface area contributed by atoms with Crippen LogP contribution in [-0.4, -0.2) is 74.5 Å². The zero-order valence-corrected chi connectivity index (χ0v) is 15.1. The van der Waals surface area contributed by atoms with Gasteiger partial charge in [0.1, 0.15) is 5.60 Å². The number of ether oxygens (including phenoxy) is 2. The molecule has 1 rings (SSSR count). The van der Waals surface area contributed by atoms with E-state index >= 15 is 0 Å². The molecular weight excluding hydrogens is 298 g/mol. The van der Waals surface area contributed by atoms with Gasteiger partial charge in [0.05, 0.1) is 6.61 Å². The number of likely N-dealkylation sites (tertiary alicyclic amines) is 1. The van der Waals surface area contributed by atoms with Gasteiger partial charge in [0.2, 0.25) is 0 Å². The summed E-state index contributed by atoms with van der Waals surface area (Å²) in [5, 5.41) is 2.94. The number of urea groups is 1. The van der Waals surface area contributed by atoms with Crippen molar-refractivity contribution >= 4 is 12.1 Å². The van der Waals surface area contributed by atoms with Crippen LogP contribution in [0.4, 0.5) is 9.59 Å². The first-order chi connectivity index (χ1) is 10.7. The molecule has 0 aromatic carbocycles. The SMILES string of the molecule is COCCN(C)C(=O)NCC1CCN(C(=O)OC(C)(C)C)CC1. The van der Waals surface area contributed by atoms with Gasteiger partial charge in [-0.25, -0.2) is 9.59 Å². The number of methoxy groups -OCH3 is 1. The van der Waals surface area contributed by atoms with Crippen LogP contribution in [0.1, 0.15) is 33.6 Å². The van der Waals surface area contributed by atoms with E-state index in [4.69, 9.17) is 9.47 Å². The fourth-order valence-corrected chi connectivity index (χ4v) is 2.34. The van der Waals surface area contributed by atoms with E-state index in [9.17, 15) is 9.59 Å². The molecule has 0 atom stereocenters. The van der Waals surface area contributed by atoms with Crippen molar-refractivity contribution in [1.29, 1.82) is 0 Å². The third-order valence-corrected chi connectivity index (χ3v) is 3.79. The molecule has 1 saturated heterocycles. The molecule has 7 nitrogen and oxygen atoms in total. The van der Waals surface area contributed by atoms with E-state index in [1.54, 1.807) is 24.0 Å². The highest BCUT2D eigenvalue weighted by atomic mass is 16.6. The number of hydrogen-bond acceptors (Lipinski definition) is 4. The standard InChI is InChI=1S/C16H31N3O4/c1-16(2,3)23-15(21)19-8-6-13(7-9-19)12-17-14(20)18(4)10-11-22-5/h13H,6-12H2,1-5H3,(H,17,20). The maximum Gasteiger partial charge on any atom is 0.410 e. The van der Waals surface area contributed by atoms with Crippen molar-refractivity contribution in [3.8, 4) is 0 Å². The molecule has 1 N–H and O–H groups in total. The Hall–Kier alpha value is -1.50. The second-order valence-electron chi connectivity index (χ2n) is 7.01. The molecular formula is C16H31N3O4. The van der Waals surface area contributed by atoms with Crippen molar-refractivity contribution in [2.45, 2.75) is 39.2 Å². The highest BCUT2D eigenvalue weighted by Gasteiger charge is 2.27. The Morgan fingerprint density at radius 3 is 2.39 bits per heavy atom. The van der Waals surface area contributed by atoms with Gasteiger partial charge in [0, 0.05) is 40.3 Å². The molecule has 0 bridgehead atoms. The maximum atomic E-state index is 12.0. The van der Waals surface area contributed by atoms with Crippen molar-refractivity contribution in [2.75, 3.05) is 46.9 Å². The van der Waals surface area contributed by atoms with Crippen LogP contribution < -0.4 is 5.32 Å². The Labute approximate surface area is 139 Å². The smallest absolute Gasteiger partial charge is 0.410 e. The molecule has 7 heteroatoms. The van der Waals surface area contributed by atoms with Crippen LogP contribution in [0, 0.1) is 5.92 Å². The van der Waals surface area contributed by atoms with Crippen molar-refractivity contribution in [1.82, 2.24) is 15.1 Å². The summed E-state index contributed by atoms with van der Waals surface area (Å²) < 4.78 is 10.3. The predicted octanol–water partition coefficient (Wildman–Crippen LogP) is 1.92. The van der Waals surface area contributed by atoms with E-state index in [-0.39, 0.29) is 12.1 Å². The summed E-state index contributed by atoms with van der Waals surface area (Å²) in [5.41, 5.74) is -0.464. The largest absolute Gasteiger partial charge is 0.444 e. The Morgan fingerprint density at radius 1 is 1.26 bits per heavy atom. The normalized spacial score (nSPS) is 16.1. The van der Waals surface area contributed by atoms with Crippen molar-refractivity contribution < 1.29 is 19.1 Å². The molecule has 1 fully saturated rings. The van der Waals surface area contributed by atoms with E-state index in [2.05, 4.69) is 5.32 Å². The summed E-state index contributed by atoms with van der Waals surface area (Å²) in [6.07, 6.45) is 1.50. The molecule has 134 valence electrons. The quantitative estimate of drug-likeness (QED) is 0.836. The number of amides is 3. The van der Waals surface area contributed by atoms with Crippen molar-refractivity contribution in [3.63, 3.8) is 0 Å². The van der Waals surface area contributed by atoms with Crippen LogP contribution in [0.2, 0.25) is 0 Å². The topological polar surface area (TPSA) is 71.1 Å². The number of likely N-dealkylation sites (N-methyl/N-ethyl adjacent to an activating group) is 1. The first kappa shape index (κ1) is 19.5.